The second kappa shape index (κ2) is 3.09. The van der Waals surface area contributed by atoms with Crippen molar-refractivity contribution in [2.75, 3.05) is 0 Å². The van der Waals surface area contributed by atoms with Crippen LogP contribution in [0.2, 0.25) is 0 Å². The zero-order valence-corrected chi connectivity index (χ0v) is 7.73. The van der Waals surface area contributed by atoms with Crippen molar-refractivity contribution < 1.29 is 0 Å². The molecule has 1 heterocycles. The second-order valence-corrected chi connectivity index (χ2v) is 3.37. The SMILES string of the molecule is CC(C)c1cccc2nnncc12. The summed E-state index contributed by atoms with van der Waals surface area (Å²) >= 11 is 0. The second-order valence-electron chi connectivity index (χ2n) is 3.37. The smallest absolute Gasteiger partial charge is 0.0966 e. The minimum atomic E-state index is 0.495. The van der Waals surface area contributed by atoms with Crippen LogP contribution >= 0.6 is 0 Å². The highest BCUT2D eigenvalue weighted by molar-refractivity contribution is 5.81. The fraction of sp³-hybridized carbons (Fsp3) is 0.300. The van der Waals surface area contributed by atoms with Crippen LogP contribution in [0.15, 0.2) is 24.4 Å². The van der Waals surface area contributed by atoms with E-state index in [9.17, 15) is 0 Å². The predicted molar refractivity (Wildman–Crippen MR) is 51.4 cm³/mol. The maximum absolute atomic E-state index is 3.96. The third-order valence-corrected chi connectivity index (χ3v) is 2.13. The van der Waals surface area contributed by atoms with Crippen LogP contribution in [0.5, 0.6) is 0 Å². The highest BCUT2D eigenvalue weighted by Crippen LogP contribution is 2.22. The summed E-state index contributed by atoms with van der Waals surface area (Å²) in [5.41, 5.74) is 2.20. The lowest BCUT2D eigenvalue weighted by Crippen LogP contribution is -1.93. The molecule has 0 spiro atoms. The number of aromatic nitrogens is 3. The van der Waals surface area contributed by atoms with Gasteiger partial charge in [0.05, 0.1) is 11.7 Å². The lowest BCUT2D eigenvalue weighted by atomic mass is 9.99. The van der Waals surface area contributed by atoms with Gasteiger partial charge in [-0.1, -0.05) is 26.0 Å². The molecule has 0 atom stereocenters. The molecule has 0 N–H and O–H groups in total. The molecule has 0 amide bonds. The molecule has 0 aliphatic rings. The monoisotopic (exact) mass is 173 g/mol. The van der Waals surface area contributed by atoms with Gasteiger partial charge in [-0.25, -0.2) is 0 Å². The van der Waals surface area contributed by atoms with Crippen molar-refractivity contribution in [1.82, 2.24) is 15.4 Å². The minimum Gasteiger partial charge on any atom is -0.138 e. The van der Waals surface area contributed by atoms with E-state index in [2.05, 4.69) is 35.3 Å². The Hall–Kier alpha value is -1.51. The van der Waals surface area contributed by atoms with Gasteiger partial charge >= 0.3 is 0 Å². The maximum Gasteiger partial charge on any atom is 0.0966 e. The zero-order valence-electron chi connectivity index (χ0n) is 7.73. The van der Waals surface area contributed by atoms with Gasteiger partial charge in [-0.2, -0.15) is 0 Å². The molecule has 2 aromatic rings. The lowest BCUT2D eigenvalue weighted by molar-refractivity contribution is 0.861. The Morgan fingerprint density at radius 1 is 1.23 bits per heavy atom. The molecule has 0 fully saturated rings. The molecule has 0 aliphatic carbocycles. The van der Waals surface area contributed by atoms with Gasteiger partial charge in [0.2, 0.25) is 0 Å². The van der Waals surface area contributed by atoms with Crippen LogP contribution < -0.4 is 0 Å². The summed E-state index contributed by atoms with van der Waals surface area (Å²) in [4.78, 5) is 0. The van der Waals surface area contributed by atoms with E-state index in [0.717, 1.165) is 10.9 Å². The quantitative estimate of drug-likeness (QED) is 0.663. The number of fused-ring (bicyclic) bond motifs is 1. The number of hydrogen-bond donors (Lipinski definition) is 0. The van der Waals surface area contributed by atoms with Crippen LogP contribution in [0.1, 0.15) is 25.3 Å². The van der Waals surface area contributed by atoms with Gasteiger partial charge in [-0.15, -0.1) is 10.2 Å². The summed E-state index contributed by atoms with van der Waals surface area (Å²) in [7, 11) is 0. The van der Waals surface area contributed by atoms with E-state index in [4.69, 9.17) is 0 Å². The summed E-state index contributed by atoms with van der Waals surface area (Å²) < 4.78 is 0. The summed E-state index contributed by atoms with van der Waals surface area (Å²) in [5.74, 6) is 0.495. The number of rotatable bonds is 1. The van der Waals surface area contributed by atoms with Crippen LogP contribution in [0, 0.1) is 0 Å². The van der Waals surface area contributed by atoms with E-state index in [0.29, 0.717) is 5.92 Å². The lowest BCUT2D eigenvalue weighted by Gasteiger charge is -2.07. The minimum absolute atomic E-state index is 0.495. The first-order valence-corrected chi connectivity index (χ1v) is 4.36. The largest absolute Gasteiger partial charge is 0.138 e. The van der Waals surface area contributed by atoms with Gasteiger partial charge in [0.25, 0.3) is 0 Å². The molecule has 0 saturated carbocycles. The molecule has 0 aliphatic heterocycles. The fourth-order valence-electron chi connectivity index (χ4n) is 1.46. The Kier molecular flexibility index (Phi) is 1.93. The van der Waals surface area contributed by atoms with Crippen molar-refractivity contribution in [3.05, 3.63) is 30.0 Å². The van der Waals surface area contributed by atoms with Crippen molar-refractivity contribution in [3.8, 4) is 0 Å². The number of benzene rings is 1. The molecule has 1 aromatic heterocycles. The standard InChI is InChI=1S/C10H11N3/c1-7(2)8-4-3-5-10-9(8)6-11-13-12-10/h3-7H,1-2H3. The van der Waals surface area contributed by atoms with E-state index >= 15 is 0 Å². The Balaban J connectivity index is 2.76. The van der Waals surface area contributed by atoms with E-state index in [1.807, 2.05) is 12.1 Å². The fourth-order valence-corrected chi connectivity index (χ4v) is 1.46. The third-order valence-electron chi connectivity index (χ3n) is 2.13. The van der Waals surface area contributed by atoms with Crippen LogP contribution in [-0.2, 0) is 0 Å². The summed E-state index contributed by atoms with van der Waals surface area (Å²) in [6, 6.07) is 6.07. The van der Waals surface area contributed by atoms with E-state index in [-0.39, 0.29) is 0 Å². The number of hydrogen-bond acceptors (Lipinski definition) is 3. The van der Waals surface area contributed by atoms with Crippen LogP contribution in [0.25, 0.3) is 10.9 Å². The molecule has 2 rings (SSSR count). The molecule has 0 saturated heterocycles. The Morgan fingerprint density at radius 2 is 2.08 bits per heavy atom. The molecule has 3 nitrogen and oxygen atoms in total. The molecule has 0 bridgehead atoms. The van der Waals surface area contributed by atoms with Crippen LogP contribution in [0.4, 0.5) is 0 Å². The Labute approximate surface area is 76.8 Å². The molecule has 0 unspecified atom stereocenters. The first kappa shape index (κ1) is 8.10. The van der Waals surface area contributed by atoms with Gasteiger partial charge in [0.15, 0.2) is 0 Å². The van der Waals surface area contributed by atoms with E-state index in [1.165, 1.54) is 5.56 Å². The Bertz CT molecular complexity index is 418. The van der Waals surface area contributed by atoms with Gasteiger partial charge in [-0.05, 0) is 22.8 Å². The van der Waals surface area contributed by atoms with Crippen LogP contribution in [-0.4, -0.2) is 15.4 Å². The summed E-state index contributed by atoms with van der Waals surface area (Å²) in [6.07, 6.45) is 1.78. The topological polar surface area (TPSA) is 38.7 Å². The molecule has 1 aromatic carbocycles. The van der Waals surface area contributed by atoms with Gasteiger partial charge in [-0.3, -0.25) is 0 Å². The summed E-state index contributed by atoms with van der Waals surface area (Å²) in [5, 5.41) is 12.5. The zero-order chi connectivity index (χ0) is 9.26. The molecule has 13 heavy (non-hydrogen) atoms. The van der Waals surface area contributed by atoms with Crippen molar-refractivity contribution >= 4 is 10.9 Å². The van der Waals surface area contributed by atoms with Crippen molar-refractivity contribution in [2.24, 2.45) is 0 Å². The van der Waals surface area contributed by atoms with Crippen LogP contribution in [0.3, 0.4) is 0 Å². The normalized spacial score (nSPS) is 11.0. The summed E-state index contributed by atoms with van der Waals surface area (Å²) in [6.45, 7) is 4.32. The first-order chi connectivity index (χ1) is 6.29. The van der Waals surface area contributed by atoms with Gasteiger partial charge in [0, 0.05) is 5.39 Å². The van der Waals surface area contributed by atoms with E-state index in [1.54, 1.807) is 6.20 Å². The highest BCUT2D eigenvalue weighted by atomic mass is 15.3. The Morgan fingerprint density at radius 3 is 2.85 bits per heavy atom. The van der Waals surface area contributed by atoms with Gasteiger partial charge in [0.1, 0.15) is 0 Å². The molecule has 0 radical (unpaired) electrons. The average molecular weight is 173 g/mol. The third kappa shape index (κ3) is 1.37. The maximum atomic E-state index is 3.96. The molecular weight excluding hydrogens is 162 g/mol. The average Bonchev–Trinajstić information content (AvgIpc) is 2.17. The molecule has 3 heteroatoms. The molecule has 66 valence electrons. The first-order valence-electron chi connectivity index (χ1n) is 4.36. The van der Waals surface area contributed by atoms with E-state index < -0.39 is 0 Å². The van der Waals surface area contributed by atoms with Crippen molar-refractivity contribution in [1.29, 1.82) is 0 Å². The van der Waals surface area contributed by atoms with Crippen molar-refractivity contribution in [2.45, 2.75) is 19.8 Å². The highest BCUT2D eigenvalue weighted by Gasteiger charge is 2.04. The van der Waals surface area contributed by atoms with Gasteiger partial charge < -0.3 is 0 Å². The molecular formula is C10H11N3. The number of nitrogens with zero attached hydrogens (tertiary/aromatic N) is 3. The van der Waals surface area contributed by atoms with Crippen molar-refractivity contribution in [3.63, 3.8) is 0 Å². The predicted octanol–water partition coefficient (Wildman–Crippen LogP) is 2.15.